The normalized spacial score (nSPS) is 11.9. The molecular formula is C31H28Cl2F5NO4. The van der Waals surface area contributed by atoms with Gasteiger partial charge in [-0.2, -0.15) is 13.2 Å². The molecule has 230 valence electrons. The van der Waals surface area contributed by atoms with Crippen LogP contribution in [0.1, 0.15) is 57.7 Å². The Kier molecular flexibility index (Phi) is 11.0. The predicted octanol–water partition coefficient (Wildman–Crippen LogP) is 8.71. The van der Waals surface area contributed by atoms with E-state index in [1.54, 1.807) is 25.1 Å². The quantitative estimate of drug-likeness (QED) is 0.158. The largest absolute Gasteiger partial charge is 0.487 e. The molecule has 0 radical (unpaired) electrons. The molecule has 0 aromatic heterocycles. The number of hydrogen-bond donors (Lipinski definition) is 1. The lowest BCUT2D eigenvalue weighted by atomic mass is 9.84. The molecule has 3 rings (SSSR count). The van der Waals surface area contributed by atoms with E-state index in [0.717, 1.165) is 13.8 Å². The number of aryl methyl sites for hydroxylation is 2. The number of halogens is 7. The number of rotatable bonds is 12. The van der Waals surface area contributed by atoms with Crippen molar-refractivity contribution in [3.63, 3.8) is 0 Å². The molecule has 5 nitrogen and oxygen atoms in total. The van der Waals surface area contributed by atoms with E-state index in [-0.39, 0.29) is 34.7 Å². The standard InChI is InChI=1S/C31H28Cl2F5NO4/c1-17-12-20(7-9-23(17)32)39-29(42)22-14-19(5-10-26(22)43-16-28(34)35)15-25(40)21-13-18(4-8-24(21)33)6-11-27(41)30(2,3)31(36,37)38/h4-5,7-10,12-14,28H,6,11,15-16H2,1-3H3,(H,39,42). The summed E-state index contributed by atoms with van der Waals surface area (Å²) in [6.45, 7) is 2.42. The molecule has 0 unspecified atom stereocenters. The second-order valence-corrected chi connectivity index (χ2v) is 11.2. The average Bonchev–Trinajstić information content (AvgIpc) is 2.92. The van der Waals surface area contributed by atoms with E-state index >= 15 is 0 Å². The Labute approximate surface area is 255 Å². The van der Waals surface area contributed by atoms with Crippen molar-refractivity contribution < 1.29 is 41.1 Å². The molecule has 1 N–H and O–H groups in total. The number of amides is 1. The van der Waals surface area contributed by atoms with Crippen molar-refractivity contribution in [2.75, 3.05) is 11.9 Å². The number of carbonyl (C=O) groups is 3. The van der Waals surface area contributed by atoms with Crippen LogP contribution in [0.2, 0.25) is 10.0 Å². The number of anilines is 1. The highest BCUT2D eigenvalue weighted by molar-refractivity contribution is 6.34. The molecule has 3 aromatic carbocycles. The summed E-state index contributed by atoms with van der Waals surface area (Å²) < 4.78 is 70.4. The molecule has 3 aromatic rings. The van der Waals surface area contributed by atoms with Crippen molar-refractivity contribution >= 4 is 46.4 Å². The molecule has 43 heavy (non-hydrogen) atoms. The molecule has 0 saturated carbocycles. The van der Waals surface area contributed by atoms with E-state index in [4.69, 9.17) is 27.9 Å². The predicted molar refractivity (Wildman–Crippen MR) is 155 cm³/mol. The molecule has 0 atom stereocenters. The van der Waals surface area contributed by atoms with Gasteiger partial charge in [-0.25, -0.2) is 8.78 Å². The third-order valence-corrected chi connectivity index (χ3v) is 7.57. The van der Waals surface area contributed by atoms with E-state index in [9.17, 15) is 36.3 Å². The number of Topliss-reactive ketones (excluding diaryl/α,β-unsaturated/α-hetero) is 2. The second kappa shape index (κ2) is 13.9. The van der Waals surface area contributed by atoms with Crippen molar-refractivity contribution in [2.24, 2.45) is 5.41 Å². The molecule has 0 saturated heterocycles. The van der Waals surface area contributed by atoms with Crippen LogP contribution in [0, 0.1) is 12.3 Å². The van der Waals surface area contributed by atoms with Crippen LogP contribution in [0.25, 0.3) is 0 Å². The van der Waals surface area contributed by atoms with Crippen molar-refractivity contribution in [1.82, 2.24) is 0 Å². The lowest BCUT2D eigenvalue weighted by Gasteiger charge is -2.26. The molecule has 0 heterocycles. The maximum atomic E-state index is 13.2. The maximum absolute atomic E-state index is 13.2. The fourth-order valence-electron chi connectivity index (χ4n) is 4.01. The highest BCUT2D eigenvalue weighted by Crippen LogP contribution is 2.39. The lowest BCUT2D eigenvalue weighted by Crippen LogP contribution is -2.39. The van der Waals surface area contributed by atoms with Gasteiger partial charge < -0.3 is 10.1 Å². The molecule has 0 aliphatic carbocycles. The Balaban J connectivity index is 1.82. The number of hydrogen-bond acceptors (Lipinski definition) is 4. The Bertz CT molecular complexity index is 1520. The zero-order valence-corrected chi connectivity index (χ0v) is 24.9. The van der Waals surface area contributed by atoms with Gasteiger partial charge in [-0.05, 0) is 86.3 Å². The van der Waals surface area contributed by atoms with Gasteiger partial charge in [0.25, 0.3) is 12.3 Å². The Morgan fingerprint density at radius 3 is 2.14 bits per heavy atom. The summed E-state index contributed by atoms with van der Waals surface area (Å²) >= 11 is 12.3. The van der Waals surface area contributed by atoms with Crippen LogP contribution in [-0.4, -0.2) is 36.7 Å². The summed E-state index contributed by atoms with van der Waals surface area (Å²) in [5.74, 6) is -2.26. The number of alkyl halides is 5. The molecule has 0 aliphatic rings. The average molecular weight is 644 g/mol. The van der Waals surface area contributed by atoms with E-state index in [1.165, 1.54) is 36.4 Å². The third kappa shape index (κ3) is 8.76. The number of nitrogens with one attached hydrogen (secondary N) is 1. The van der Waals surface area contributed by atoms with E-state index in [0.29, 0.717) is 27.4 Å². The Hall–Kier alpha value is -3.50. The molecular weight excluding hydrogens is 616 g/mol. The summed E-state index contributed by atoms with van der Waals surface area (Å²) in [4.78, 5) is 38.6. The van der Waals surface area contributed by atoms with Gasteiger partial charge in [-0.3, -0.25) is 14.4 Å². The first-order valence-corrected chi connectivity index (χ1v) is 13.8. The van der Waals surface area contributed by atoms with E-state index < -0.39 is 48.5 Å². The van der Waals surface area contributed by atoms with E-state index in [1.807, 2.05) is 0 Å². The number of benzene rings is 3. The highest BCUT2D eigenvalue weighted by Gasteiger charge is 2.51. The Morgan fingerprint density at radius 1 is 0.884 bits per heavy atom. The SMILES string of the molecule is Cc1cc(NC(=O)c2cc(CC(=O)c3cc(CCC(=O)C(C)(C)C(F)(F)F)ccc3Cl)ccc2OCC(F)F)ccc1Cl. The summed E-state index contributed by atoms with van der Waals surface area (Å²) in [6, 6.07) is 13.2. The van der Waals surface area contributed by atoms with Gasteiger partial charge >= 0.3 is 6.18 Å². The van der Waals surface area contributed by atoms with Crippen molar-refractivity contribution in [3.05, 3.63) is 92.5 Å². The van der Waals surface area contributed by atoms with Crippen LogP contribution in [-0.2, 0) is 17.6 Å². The van der Waals surface area contributed by atoms with Gasteiger partial charge in [-0.15, -0.1) is 0 Å². The lowest BCUT2D eigenvalue weighted by molar-refractivity contribution is -0.210. The van der Waals surface area contributed by atoms with Gasteiger partial charge in [0, 0.05) is 29.1 Å². The first-order chi connectivity index (χ1) is 20.0. The van der Waals surface area contributed by atoms with Crippen molar-refractivity contribution in [2.45, 2.75) is 52.6 Å². The summed E-state index contributed by atoms with van der Waals surface area (Å²) in [6.07, 6.45) is -8.18. The molecule has 0 fully saturated rings. The van der Waals surface area contributed by atoms with Crippen LogP contribution in [0.15, 0.2) is 54.6 Å². The smallest absolute Gasteiger partial charge is 0.400 e. The maximum Gasteiger partial charge on any atom is 0.400 e. The van der Waals surface area contributed by atoms with Crippen LogP contribution in [0.3, 0.4) is 0 Å². The number of ketones is 2. The highest BCUT2D eigenvalue weighted by atomic mass is 35.5. The van der Waals surface area contributed by atoms with Gasteiger partial charge in [0.1, 0.15) is 23.6 Å². The molecule has 12 heteroatoms. The fraction of sp³-hybridized carbons (Fsp3) is 0.323. The molecule has 0 bridgehead atoms. The van der Waals surface area contributed by atoms with Crippen LogP contribution in [0.5, 0.6) is 5.75 Å². The first-order valence-electron chi connectivity index (χ1n) is 13.0. The van der Waals surface area contributed by atoms with Crippen molar-refractivity contribution in [1.29, 1.82) is 0 Å². The molecule has 0 spiro atoms. The zero-order valence-electron chi connectivity index (χ0n) is 23.4. The van der Waals surface area contributed by atoms with Crippen LogP contribution < -0.4 is 10.1 Å². The zero-order chi connectivity index (χ0) is 32.1. The monoisotopic (exact) mass is 643 g/mol. The summed E-state index contributed by atoms with van der Waals surface area (Å²) in [5.41, 5.74) is -0.663. The minimum atomic E-state index is -4.70. The van der Waals surface area contributed by atoms with Crippen LogP contribution in [0.4, 0.5) is 27.6 Å². The summed E-state index contributed by atoms with van der Waals surface area (Å²) in [7, 11) is 0. The first kappa shape index (κ1) is 34.0. The van der Waals surface area contributed by atoms with Gasteiger partial charge in [0.05, 0.1) is 10.6 Å². The minimum absolute atomic E-state index is 0.0412. The van der Waals surface area contributed by atoms with Gasteiger partial charge in [-0.1, -0.05) is 35.3 Å². The van der Waals surface area contributed by atoms with Crippen LogP contribution >= 0.6 is 23.2 Å². The fourth-order valence-corrected chi connectivity index (χ4v) is 4.36. The molecule has 0 aliphatic heterocycles. The topological polar surface area (TPSA) is 72.5 Å². The number of ether oxygens (including phenoxy) is 1. The van der Waals surface area contributed by atoms with Crippen molar-refractivity contribution in [3.8, 4) is 5.75 Å². The summed E-state index contributed by atoms with van der Waals surface area (Å²) in [5, 5.41) is 3.23. The minimum Gasteiger partial charge on any atom is -0.487 e. The third-order valence-electron chi connectivity index (χ3n) is 6.81. The second-order valence-electron chi connectivity index (χ2n) is 10.4. The van der Waals surface area contributed by atoms with Gasteiger partial charge in [0.2, 0.25) is 0 Å². The Morgan fingerprint density at radius 2 is 1.51 bits per heavy atom. The number of carbonyl (C=O) groups excluding carboxylic acids is 3. The van der Waals surface area contributed by atoms with E-state index in [2.05, 4.69) is 5.32 Å². The van der Waals surface area contributed by atoms with Gasteiger partial charge in [0.15, 0.2) is 5.78 Å². The molecule has 1 amide bonds.